The first-order chi connectivity index (χ1) is 10.7. The van der Waals surface area contributed by atoms with Gasteiger partial charge in [-0.15, -0.1) is 0 Å². The first-order valence-electron chi connectivity index (χ1n) is 7.63. The maximum absolute atomic E-state index is 11.6. The monoisotopic (exact) mass is 500 g/mol. The van der Waals surface area contributed by atoms with Crippen LogP contribution in [0.5, 0.6) is 0 Å². The molecule has 0 saturated heterocycles. The van der Waals surface area contributed by atoms with Gasteiger partial charge in [-0.2, -0.15) is 0 Å². The Morgan fingerprint density at radius 2 is 1.41 bits per heavy atom. The second-order valence-electron chi connectivity index (χ2n) is 6.11. The van der Waals surface area contributed by atoms with Crippen LogP contribution in [0, 0.1) is 0 Å². The minimum absolute atomic E-state index is 0.0773. The van der Waals surface area contributed by atoms with Gasteiger partial charge in [-0.25, -0.2) is 0 Å². The molecule has 5 rings (SSSR count). The van der Waals surface area contributed by atoms with E-state index in [1.165, 1.54) is 29.2 Å². The van der Waals surface area contributed by atoms with E-state index in [1.54, 1.807) is 0 Å². The van der Waals surface area contributed by atoms with Gasteiger partial charge in [0.05, 0.1) is 0 Å². The summed E-state index contributed by atoms with van der Waals surface area (Å²) >= 11 is -1.63. The predicted octanol–water partition coefficient (Wildman–Crippen LogP) is 4.23. The van der Waals surface area contributed by atoms with E-state index in [1.807, 2.05) is 0 Å². The molecular formula is C18H15ClHgO2. The van der Waals surface area contributed by atoms with Gasteiger partial charge in [-0.1, -0.05) is 0 Å². The second kappa shape index (κ2) is 5.65. The molecule has 0 amide bonds. The fraction of sp³-hybridized carbons (Fsp3) is 0.278. The number of fused-ring (bicyclic) bond motifs is 1. The van der Waals surface area contributed by atoms with Gasteiger partial charge in [0, 0.05) is 0 Å². The van der Waals surface area contributed by atoms with Crippen molar-refractivity contribution in [3.05, 3.63) is 70.8 Å². The summed E-state index contributed by atoms with van der Waals surface area (Å²) in [5.74, 6) is 0.252. The molecule has 2 aromatic carbocycles. The first-order valence-corrected chi connectivity index (χ1v) is 17.6. The van der Waals surface area contributed by atoms with Crippen LogP contribution in [0.4, 0.5) is 0 Å². The summed E-state index contributed by atoms with van der Waals surface area (Å²) in [5, 5.41) is 0. The summed E-state index contributed by atoms with van der Waals surface area (Å²) < 4.78 is 6.12. The van der Waals surface area contributed by atoms with Crippen molar-refractivity contribution in [2.45, 2.75) is 28.3 Å². The van der Waals surface area contributed by atoms with E-state index in [2.05, 4.69) is 48.5 Å². The zero-order chi connectivity index (χ0) is 15.3. The number of esters is 1. The Morgan fingerprint density at radius 3 is 1.82 bits per heavy atom. The van der Waals surface area contributed by atoms with Crippen LogP contribution in [0.1, 0.15) is 41.0 Å². The zero-order valence-electron chi connectivity index (χ0n) is 12.3. The van der Waals surface area contributed by atoms with Crippen molar-refractivity contribution in [2.75, 3.05) is 0 Å². The molecule has 0 saturated carbocycles. The standard InChI is InChI=1S/C18H15O2.ClH.Hg/c1-11(19)20-17-10-16-12-6-2-4-8-14(12)18(17)15-9-5-3-7-13(15)16;;/h2-10,16-18H,1H3;1H;/q;;+1/p-1. The molecule has 22 heavy (non-hydrogen) atoms. The van der Waals surface area contributed by atoms with Crippen molar-refractivity contribution in [1.29, 1.82) is 0 Å². The van der Waals surface area contributed by atoms with Crippen molar-refractivity contribution < 1.29 is 32.9 Å². The Bertz CT molecular complexity index is 698. The average Bonchev–Trinajstić information content (AvgIpc) is 2.54. The van der Waals surface area contributed by atoms with Crippen molar-refractivity contribution in [2.24, 2.45) is 0 Å². The number of carbonyl (C=O) groups excluding carboxylic acids is 1. The zero-order valence-corrected chi connectivity index (χ0v) is 18.6. The molecule has 0 heterocycles. The second-order valence-corrected chi connectivity index (χ2v) is 13.7. The van der Waals surface area contributed by atoms with Gasteiger partial charge in [0.1, 0.15) is 0 Å². The van der Waals surface area contributed by atoms with Gasteiger partial charge >= 0.3 is 146 Å². The number of benzene rings is 2. The SMILES string of the molecule is CC(=O)OC1C2c3ccccc3C(c3ccccc32)[CH]1[Hg][Cl]. The summed E-state index contributed by atoms with van der Waals surface area (Å²) in [5.41, 5.74) is 5.40. The fourth-order valence-electron chi connectivity index (χ4n) is 4.27. The molecule has 0 spiro atoms. The Morgan fingerprint density at radius 1 is 0.955 bits per heavy atom. The molecular weight excluding hydrogens is 484 g/mol. The normalized spacial score (nSPS) is 27.5. The van der Waals surface area contributed by atoms with Crippen molar-refractivity contribution in [3.8, 4) is 0 Å². The summed E-state index contributed by atoms with van der Waals surface area (Å²) in [6.07, 6.45) is -0.0773. The summed E-state index contributed by atoms with van der Waals surface area (Å²) in [6, 6.07) is 17.2. The van der Waals surface area contributed by atoms with E-state index >= 15 is 0 Å². The molecule has 0 aliphatic heterocycles. The van der Waals surface area contributed by atoms with Crippen LogP contribution >= 0.6 is 8.25 Å². The molecule has 4 heteroatoms. The van der Waals surface area contributed by atoms with Gasteiger partial charge in [-0.3, -0.25) is 0 Å². The average molecular weight is 499 g/mol. The molecule has 0 fully saturated rings. The molecule has 108 valence electrons. The van der Waals surface area contributed by atoms with Crippen molar-refractivity contribution in [1.82, 2.24) is 0 Å². The third-order valence-corrected chi connectivity index (χ3v) is 13.1. The Kier molecular flexibility index (Phi) is 3.78. The molecule has 2 atom stereocenters. The van der Waals surface area contributed by atoms with E-state index in [0.29, 0.717) is 9.34 Å². The Balaban J connectivity index is 1.96. The number of hydrogen-bond donors (Lipinski definition) is 0. The quantitative estimate of drug-likeness (QED) is 0.457. The summed E-state index contributed by atoms with van der Waals surface area (Å²) in [4.78, 5) is 11.6. The number of halogens is 1. The van der Waals surface area contributed by atoms with E-state index in [4.69, 9.17) is 13.0 Å². The maximum atomic E-state index is 11.6. The van der Waals surface area contributed by atoms with Crippen LogP contribution in [-0.2, 0) is 32.9 Å². The molecule has 3 aliphatic carbocycles. The minimum atomic E-state index is -1.63. The van der Waals surface area contributed by atoms with Crippen LogP contribution in [0.3, 0.4) is 0 Å². The van der Waals surface area contributed by atoms with Crippen LogP contribution in [-0.4, -0.2) is 12.1 Å². The number of ether oxygens (including phenoxy) is 1. The van der Waals surface area contributed by atoms with Crippen LogP contribution in [0.2, 0.25) is 3.43 Å². The van der Waals surface area contributed by atoms with Gasteiger partial charge in [0.25, 0.3) is 0 Å². The summed E-state index contributed by atoms with van der Waals surface area (Å²) in [6.45, 7) is 1.50. The molecule has 0 aromatic heterocycles. The van der Waals surface area contributed by atoms with Gasteiger partial charge in [-0.05, 0) is 0 Å². The van der Waals surface area contributed by atoms with Gasteiger partial charge in [0.2, 0.25) is 0 Å². The summed E-state index contributed by atoms with van der Waals surface area (Å²) in [7, 11) is 6.52. The van der Waals surface area contributed by atoms with Crippen molar-refractivity contribution in [3.63, 3.8) is 0 Å². The molecule has 2 aromatic rings. The van der Waals surface area contributed by atoms with E-state index < -0.39 is 23.3 Å². The first kappa shape index (κ1) is 14.7. The van der Waals surface area contributed by atoms with Gasteiger partial charge < -0.3 is 0 Å². The van der Waals surface area contributed by atoms with E-state index in [-0.39, 0.29) is 18.0 Å². The molecule has 2 bridgehead atoms. The number of hydrogen-bond acceptors (Lipinski definition) is 2. The third-order valence-electron chi connectivity index (χ3n) is 4.99. The molecule has 2 unspecified atom stereocenters. The topological polar surface area (TPSA) is 26.3 Å². The molecule has 0 radical (unpaired) electrons. The van der Waals surface area contributed by atoms with Crippen LogP contribution < -0.4 is 0 Å². The van der Waals surface area contributed by atoms with Crippen LogP contribution in [0.15, 0.2) is 48.5 Å². The Hall–Kier alpha value is -0.865. The van der Waals surface area contributed by atoms with E-state index in [0.717, 1.165) is 0 Å². The number of rotatable bonds is 2. The van der Waals surface area contributed by atoms with E-state index in [9.17, 15) is 4.79 Å². The number of carbonyl (C=O) groups is 1. The molecule has 3 aliphatic rings. The fourth-order valence-corrected chi connectivity index (χ4v) is 12.2. The van der Waals surface area contributed by atoms with Gasteiger partial charge in [0.15, 0.2) is 0 Å². The third kappa shape index (κ3) is 2.07. The van der Waals surface area contributed by atoms with Crippen molar-refractivity contribution >= 4 is 14.2 Å². The van der Waals surface area contributed by atoms with Crippen LogP contribution in [0.25, 0.3) is 0 Å². The predicted molar refractivity (Wildman–Crippen MR) is 81.7 cm³/mol. The molecule has 2 nitrogen and oxygen atoms in total. The molecule has 0 N–H and O–H groups in total. The Labute approximate surface area is 145 Å².